The Morgan fingerprint density at radius 2 is 1.67 bits per heavy atom. The van der Waals surface area contributed by atoms with Crippen molar-refractivity contribution in [3.8, 4) is 11.5 Å². The van der Waals surface area contributed by atoms with E-state index in [1.807, 2.05) is 0 Å². The van der Waals surface area contributed by atoms with Crippen molar-refractivity contribution in [2.45, 2.75) is 6.92 Å². The summed E-state index contributed by atoms with van der Waals surface area (Å²) in [5, 5.41) is 5.86. The lowest BCUT2D eigenvalue weighted by molar-refractivity contribution is -0.120. The SMILES string of the molecule is COc1ccc(/C=C(\NC(C)=O)C(=O)Nc2ccc(Cl)c(Cl)c2)cc1OC. The fraction of sp³-hybridized carbons (Fsp3) is 0.158. The summed E-state index contributed by atoms with van der Waals surface area (Å²) >= 11 is 11.8. The molecule has 0 fully saturated rings. The van der Waals surface area contributed by atoms with Crippen LogP contribution < -0.4 is 20.1 Å². The molecule has 0 aliphatic heterocycles. The molecule has 2 rings (SSSR count). The van der Waals surface area contributed by atoms with Crippen LogP contribution in [0.1, 0.15) is 12.5 Å². The van der Waals surface area contributed by atoms with Gasteiger partial charge in [-0.15, -0.1) is 0 Å². The van der Waals surface area contributed by atoms with Gasteiger partial charge < -0.3 is 20.1 Å². The largest absolute Gasteiger partial charge is 0.493 e. The number of ether oxygens (including phenoxy) is 2. The topological polar surface area (TPSA) is 76.7 Å². The Morgan fingerprint density at radius 1 is 0.963 bits per heavy atom. The van der Waals surface area contributed by atoms with Crippen LogP contribution in [0, 0.1) is 0 Å². The van der Waals surface area contributed by atoms with Gasteiger partial charge in [0.25, 0.3) is 5.91 Å². The second kappa shape index (κ2) is 9.30. The van der Waals surface area contributed by atoms with Gasteiger partial charge in [-0.2, -0.15) is 0 Å². The summed E-state index contributed by atoms with van der Waals surface area (Å²) in [5.41, 5.74) is 1.14. The Morgan fingerprint density at radius 3 is 2.26 bits per heavy atom. The van der Waals surface area contributed by atoms with Crippen molar-refractivity contribution in [3.05, 3.63) is 57.7 Å². The number of hydrogen-bond donors (Lipinski definition) is 2. The van der Waals surface area contributed by atoms with E-state index in [4.69, 9.17) is 32.7 Å². The van der Waals surface area contributed by atoms with Crippen molar-refractivity contribution in [2.24, 2.45) is 0 Å². The van der Waals surface area contributed by atoms with Gasteiger partial charge in [-0.3, -0.25) is 9.59 Å². The average molecular weight is 409 g/mol. The first kappa shape index (κ1) is 20.6. The molecule has 27 heavy (non-hydrogen) atoms. The lowest BCUT2D eigenvalue weighted by Crippen LogP contribution is -2.28. The Hall–Kier alpha value is -2.70. The third-order valence-electron chi connectivity index (χ3n) is 3.45. The van der Waals surface area contributed by atoms with E-state index in [-0.39, 0.29) is 11.6 Å². The van der Waals surface area contributed by atoms with Crippen LogP contribution in [0.25, 0.3) is 6.08 Å². The highest BCUT2D eigenvalue weighted by Crippen LogP contribution is 2.28. The number of hydrogen-bond acceptors (Lipinski definition) is 4. The number of amides is 2. The van der Waals surface area contributed by atoms with Gasteiger partial charge in [-0.1, -0.05) is 29.3 Å². The lowest BCUT2D eigenvalue weighted by atomic mass is 10.1. The minimum absolute atomic E-state index is 0.0563. The zero-order chi connectivity index (χ0) is 20.0. The van der Waals surface area contributed by atoms with Gasteiger partial charge in [-0.05, 0) is 42.0 Å². The smallest absolute Gasteiger partial charge is 0.272 e. The van der Waals surface area contributed by atoms with E-state index in [9.17, 15) is 9.59 Å². The molecule has 0 saturated carbocycles. The maximum absolute atomic E-state index is 12.6. The summed E-state index contributed by atoms with van der Waals surface area (Å²) in [4.78, 5) is 24.1. The highest BCUT2D eigenvalue weighted by Gasteiger charge is 2.13. The highest BCUT2D eigenvalue weighted by atomic mass is 35.5. The molecule has 2 N–H and O–H groups in total. The fourth-order valence-corrected chi connectivity index (χ4v) is 2.53. The van der Waals surface area contributed by atoms with E-state index in [0.29, 0.717) is 32.8 Å². The second-order valence-corrected chi connectivity index (χ2v) is 6.25. The quantitative estimate of drug-likeness (QED) is 0.704. The number of carbonyl (C=O) groups excluding carboxylic acids is 2. The van der Waals surface area contributed by atoms with Gasteiger partial charge >= 0.3 is 0 Å². The summed E-state index contributed by atoms with van der Waals surface area (Å²) in [6.07, 6.45) is 1.52. The van der Waals surface area contributed by atoms with Crippen LogP contribution >= 0.6 is 23.2 Å². The van der Waals surface area contributed by atoms with Crippen molar-refractivity contribution in [3.63, 3.8) is 0 Å². The lowest BCUT2D eigenvalue weighted by Gasteiger charge is -2.11. The molecule has 8 heteroatoms. The highest BCUT2D eigenvalue weighted by molar-refractivity contribution is 6.42. The van der Waals surface area contributed by atoms with Crippen LogP contribution in [0.2, 0.25) is 10.0 Å². The maximum atomic E-state index is 12.6. The molecular formula is C19H18Cl2N2O4. The predicted molar refractivity (Wildman–Crippen MR) is 106 cm³/mol. The average Bonchev–Trinajstić information content (AvgIpc) is 2.63. The molecule has 2 aromatic carbocycles. The third-order valence-corrected chi connectivity index (χ3v) is 4.19. The van der Waals surface area contributed by atoms with Crippen LogP contribution in [-0.2, 0) is 9.59 Å². The van der Waals surface area contributed by atoms with Crippen molar-refractivity contribution >= 4 is 46.8 Å². The number of methoxy groups -OCH3 is 2. The van der Waals surface area contributed by atoms with Gasteiger partial charge in [0.1, 0.15) is 5.70 Å². The Balaban J connectivity index is 2.33. The molecule has 0 saturated heterocycles. The van der Waals surface area contributed by atoms with Crippen LogP contribution in [-0.4, -0.2) is 26.0 Å². The van der Waals surface area contributed by atoms with Crippen LogP contribution in [0.3, 0.4) is 0 Å². The Labute approximate surface area is 167 Å². The standard InChI is InChI=1S/C19H18Cl2N2O4/c1-11(24)22-16(8-12-4-7-17(26-2)18(9-12)27-3)19(25)23-13-5-6-14(20)15(21)10-13/h4-10H,1-3H3,(H,22,24)(H,23,25)/b16-8-. The molecule has 142 valence electrons. The molecule has 0 spiro atoms. The Kier molecular flexibility index (Phi) is 7.10. The van der Waals surface area contributed by atoms with Crippen LogP contribution in [0.15, 0.2) is 42.1 Å². The molecule has 0 atom stereocenters. The molecule has 0 aliphatic rings. The van der Waals surface area contributed by atoms with E-state index >= 15 is 0 Å². The Bertz CT molecular complexity index is 897. The van der Waals surface area contributed by atoms with E-state index in [0.717, 1.165) is 0 Å². The predicted octanol–water partition coefficient (Wildman–Crippen LogP) is 4.13. The summed E-state index contributed by atoms with van der Waals surface area (Å²) < 4.78 is 10.4. The molecule has 0 aromatic heterocycles. The minimum Gasteiger partial charge on any atom is -0.493 e. The number of anilines is 1. The number of nitrogens with one attached hydrogen (secondary N) is 2. The van der Waals surface area contributed by atoms with Gasteiger partial charge in [0, 0.05) is 12.6 Å². The first-order chi connectivity index (χ1) is 12.8. The van der Waals surface area contributed by atoms with E-state index < -0.39 is 5.91 Å². The molecule has 0 radical (unpaired) electrons. The molecular weight excluding hydrogens is 391 g/mol. The van der Waals surface area contributed by atoms with Gasteiger partial charge in [0.05, 0.1) is 24.3 Å². The summed E-state index contributed by atoms with van der Waals surface area (Å²) in [7, 11) is 3.04. The van der Waals surface area contributed by atoms with Crippen molar-refractivity contribution in [2.75, 3.05) is 19.5 Å². The summed E-state index contributed by atoms with van der Waals surface area (Å²) in [6, 6.07) is 9.81. The monoisotopic (exact) mass is 408 g/mol. The van der Waals surface area contributed by atoms with E-state index in [2.05, 4.69) is 10.6 Å². The minimum atomic E-state index is -0.515. The molecule has 0 bridgehead atoms. The zero-order valence-electron chi connectivity index (χ0n) is 14.9. The second-order valence-electron chi connectivity index (χ2n) is 5.44. The van der Waals surface area contributed by atoms with E-state index in [1.165, 1.54) is 33.3 Å². The van der Waals surface area contributed by atoms with Crippen molar-refractivity contribution < 1.29 is 19.1 Å². The first-order valence-electron chi connectivity index (χ1n) is 7.81. The molecule has 0 heterocycles. The van der Waals surface area contributed by atoms with Gasteiger partial charge in [-0.25, -0.2) is 0 Å². The summed E-state index contributed by atoms with van der Waals surface area (Å²) in [6.45, 7) is 1.31. The maximum Gasteiger partial charge on any atom is 0.272 e. The molecule has 2 aromatic rings. The van der Waals surface area contributed by atoms with Crippen LogP contribution in [0.4, 0.5) is 5.69 Å². The van der Waals surface area contributed by atoms with Crippen molar-refractivity contribution in [1.29, 1.82) is 0 Å². The fourth-order valence-electron chi connectivity index (χ4n) is 2.23. The summed E-state index contributed by atoms with van der Waals surface area (Å²) in [5.74, 6) is 0.152. The van der Waals surface area contributed by atoms with Crippen molar-refractivity contribution in [1.82, 2.24) is 5.32 Å². The van der Waals surface area contributed by atoms with E-state index in [1.54, 1.807) is 30.3 Å². The first-order valence-corrected chi connectivity index (χ1v) is 8.57. The van der Waals surface area contributed by atoms with Gasteiger partial charge in [0.2, 0.25) is 5.91 Å². The molecule has 2 amide bonds. The molecule has 0 unspecified atom stereocenters. The zero-order valence-corrected chi connectivity index (χ0v) is 16.4. The number of benzene rings is 2. The third kappa shape index (κ3) is 5.64. The van der Waals surface area contributed by atoms with Gasteiger partial charge in [0.15, 0.2) is 11.5 Å². The number of carbonyl (C=O) groups is 2. The normalized spacial score (nSPS) is 10.9. The number of halogens is 2. The number of rotatable bonds is 6. The molecule has 0 aliphatic carbocycles. The molecule has 6 nitrogen and oxygen atoms in total. The van der Waals surface area contributed by atoms with Crippen LogP contribution in [0.5, 0.6) is 11.5 Å².